The Balaban J connectivity index is 2.25. The number of azide groups is 2. The quantitative estimate of drug-likeness (QED) is 0.452. The van der Waals surface area contributed by atoms with Gasteiger partial charge in [0.25, 0.3) is 5.91 Å². The molecule has 0 saturated carbocycles. The minimum absolute atomic E-state index is 0.172. The van der Waals surface area contributed by atoms with E-state index in [0.29, 0.717) is 5.56 Å². The van der Waals surface area contributed by atoms with E-state index < -0.39 is 36.5 Å². The van der Waals surface area contributed by atoms with Gasteiger partial charge in [-0.15, -0.1) is 0 Å². The third-order valence-electron chi connectivity index (χ3n) is 3.78. The Morgan fingerprint density at radius 3 is 2.68 bits per heavy atom. The molecule has 132 valence electrons. The summed E-state index contributed by atoms with van der Waals surface area (Å²) in [6.45, 7) is -0.172. The van der Waals surface area contributed by atoms with Crippen molar-refractivity contribution in [2.75, 3.05) is 13.7 Å². The number of benzene rings is 1. The van der Waals surface area contributed by atoms with Crippen molar-refractivity contribution in [1.82, 2.24) is 5.32 Å². The summed E-state index contributed by atoms with van der Waals surface area (Å²) in [5.74, 6) is -0.435. The SMILES string of the molecule is CO[C@@H]1O[C@H](CN=[N+]=[N-])[C@@H](O)[C@@H](N=[N+]=[N-])[C@H]1NC(=O)c1ccccc1. The lowest BCUT2D eigenvalue weighted by atomic mass is 9.94. The van der Waals surface area contributed by atoms with Gasteiger partial charge < -0.3 is 19.9 Å². The van der Waals surface area contributed by atoms with Crippen LogP contribution in [0.1, 0.15) is 10.4 Å². The van der Waals surface area contributed by atoms with Crippen molar-refractivity contribution >= 4 is 5.91 Å². The topological polar surface area (TPSA) is 165 Å². The fourth-order valence-corrected chi connectivity index (χ4v) is 2.58. The van der Waals surface area contributed by atoms with E-state index in [-0.39, 0.29) is 6.54 Å². The summed E-state index contributed by atoms with van der Waals surface area (Å²) in [6, 6.07) is 6.42. The van der Waals surface area contributed by atoms with Crippen LogP contribution in [0.15, 0.2) is 40.6 Å². The van der Waals surface area contributed by atoms with Crippen molar-refractivity contribution in [3.63, 3.8) is 0 Å². The molecule has 0 bridgehead atoms. The van der Waals surface area contributed by atoms with Gasteiger partial charge in [0, 0.05) is 22.5 Å². The van der Waals surface area contributed by atoms with Crippen molar-refractivity contribution in [1.29, 1.82) is 0 Å². The minimum Gasteiger partial charge on any atom is -0.390 e. The second kappa shape index (κ2) is 8.88. The van der Waals surface area contributed by atoms with Gasteiger partial charge in [-0.3, -0.25) is 4.79 Å². The Morgan fingerprint density at radius 2 is 2.08 bits per heavy atom. The second-order valence-corrected chi connectivity index (χ2v) is 5.24. The van der Waals surface area contributed by atoms with Gasteiger partial charge in [-0.1, -0.05) is 28.4 Å². The molecule has 25 heavy (non-hydrogen) atoms. The van der Waals surface area contributed by atoms with E-state index in [2.05, 4.69) is 25.4 Å². The third-order valence-corrected chi connectivity index (χ3v) is 3.78. The van der Waals surface area contributed by atoms with Gasteiger partial charge in [0.2, 0.25) is 0 Å². The van der Waals surface area contributed by atoms with Gasteiger partial charge in [-0.05, 0) is 23.2 Å². The molecule has 1 amide bonds. The molecule has 0 unspecified atom stereocenters. The maximum atomic E-state index is 12.4. The Hall–Kier alpha value is -2.81. The van der Waals surface area contributed by atoms with Crippen LogP contribution in [0.4, 0.5) is 0 Å². The predicted molar refractivity (Wildman–Crippen MR) is 86.3 cm³/mol. The first-order valence-electron chi connectivity index (χ1n) is 7.39. The summed E-state index contributed by atoms with van der Waals surface area (Å²) in [6.07, 6.45) is -3.21. The highest BCUT2D eigenvalue weighted by molar-refractivity contribution is 5.94. The summed E-state index contributed by atoms with van der Waals surface area (Å²) in [4.78, 5) is 17.7. The van der Waals surface area contributed by atoms with Crippen LogP contribution in [-0.2, 0) is 9.47 Å². The molecule has 11 heteroatoms. The van der Waals surface area contributed by atoms with E-state index >= 15 is 0 Å². The van der Waals surface area contributed by atoms with Gasteiger partial charge in [-0.2, -0.15) is 0 Å². The normalized spacial score (nSPS) is 28.3. The lowest BCUT2D eigenvalue weighted by Crippen LogP contribution is -2.63. The zero-order chi connectivity index (χ0) is 18.2. The number of hydrogen-bond acceptors (Lipinski definition) is 6. The van der Waals surface area contributed by atoms with Crippen LogP contribution in [0, 0.1) is 0 Å². The number of carbonyl (C=O) groups excluding carboxylic acids is 1. The molecule has 1 aromatic carbocycles. The first-order valence-corrected chi connectivity index (χ1v) is 7.39. The highest BCUT2D eigenvalue weighted by Crippen LogP contribution is 2.25. The average molecular weight is 347 g/mol. The van der Waals surface area contributed by atoms with E-state index in [1.165, 1.54) is 7.11 Å². The van der Waals surface area contributed by atoms with Gasteiger partial charge >= 0.3 is 0 Å². The Kier molecular flexibility index (Phi) is 6.58. The van der Waals surface area contributed by atoms with Crippen LogP contribution in [0.5, 0.6) is 0 Å². The van der Waals surface area contributed by atoms with E-state index in [1.54, 1.807) is 30.3 Å². The highest BCUT2D eigenvalue weighted by atomic mass is 16.7. The summed E-state index contributed by atoms with van der Waals surface area (Å²) in [5, 5.41) is 20.0. The van der Waals surface area contributed by atoms with E-state index in [1.807, 2.05) is 0 Å². The van der Waals surface area contributed by atoms with Gasteiger partial charge in [0.15, 0.2) is 6.29 Å². The molecule has 1 saturated heterocycles. The maximum Gasteiger partial charge on any atom is 0.251 e. The van der Waals surface area contributed by atoms with Crippen molar-refractivity contribution in [3.8, 4) is 0 Å². The molecular weight excluding hydrogens is 330 g/mol. The number of hydrogen-bond donors (Lipinski definition) is 2. The molecular formula is C14H17N7O4. The van der Waals surface area contributed by atoms with Crippen LogP contribution in [0.2, 0.25) is 0 Å². The van der Waals surface area contributed by atoms with E-state index in [4.69, 9.17) is 20.5 Å². The highest BCUT2D eigenvalue weighted by Gasteiger charge is 2.45. The zero-order valence-electron chi connectivity index (χ0n) is 13.3. The standard InChI is InChI=1S/C14H17N7O4/c1-24-14-11(18-13(23)8-5-3-2-4-6-8)10(19-21-16)12(22)9(25-14)7-17-20-15/h2-6,9-12,14,22H,7H2,1H3,(H,18,23)/t9-,10+,11-,12-,14-/m1/s1. The van der Waals surface area contributed by atoms with Crippen molar-refractivity contribution in [2.45, 2.75) is 30.6 Å². The Morgan fingerprint density at radius 1 is 1.36 bits per heavy atom. The van der Waals surface area contributed by atoms with E-state index in [9.17, 15) is 9.90 Å². The molecule has 11 nitrogen and oxygen atoms in total. The molecule has 1 aromatic rings. The van der Waals surface area contributed by atoms with Crippen LogP contribution in [0.25, 0.3) is 20.9 Å². The largest absolute Gasteiger partial charge is 0.390 e. The van der Waals surface area contributed by atoms with Crippen LogP contribution in [-0.4, -0.2) is 55.2 Å². The Labute approximate surface area is 142 Å². The predicted octanol–water partition coefficient (Wildman–Crippen LogP) is 1.51. The number of rotatable bonds is 6. The fourth-order valence-electron chi connectivity index (χ4n) is 2.58. The summed E-state index contributed by atoms with van der Waals surface area (Å²) >= 11 is 0. The molecule has 2 rings (SSSR count). The number of methoxy groups -OCH3 is 1. The lowest BCUT2D eigenvalue weighted by Gasteiger charge is -2.42. The average Bonchev–Trinajstić information content (AvgIpc) is 2.64. The smallest absolute Gasteiger partial charge is 0.251 e. The minimum atomic E-state index is -1.28. The summed E-state index contributed by atoms with van der Waals surface area (Å²) in [7, 11) is 1.35. The maximum absolute atomic E-state index is 12.4. The summed E-state index contributed by atoms with van der Waals surface area (Å²) in [5.41, 5.74) is 17.6. The zero-order valence-corrected chi connectivity index (χ0v) is 13.3. The first kappa shape index (κ1) is 18.5. The van der Waals surface area contributed by atoms with Crippen molar-refractivity contribution in [3.05, 3.63) is 56.8 Å². The second-order valence-electron chi connectivity index (χ2n) is 5.24. The lowest BCUT2D eigenvalue weighted by molar-refractivity contribution is -0.226. The Bertz CT molecular complexity index is 688. The number of ether oxygens (including phenoxy) is 2. The van der Waals surface area contributed by atoms with Crippen LogP contribution < -0.4 is 5.32 Å². The molecule has 1 fully saturated rings. The number of amides is 1. The molecule has 0 spiro atoms. The van der Waals surface area contributed by atoms with E-state index in [0.717, 1.165) is 0 Å². The number of aliphatic hydroxyl groups is 1. The van der Waals surface area contributed by atoms with Crippen LogP contribution in [0.3, 0.4) is 0 Å². The third kappa shape index (κ3) is 4.38. The monoisotopic (exact) mass is 347 g/mol. The van der Waals surface area contributed by atoms with Crippen LogP contribution >= 0.6 is 0 Å². The summed E-state index contributed by atoms with van der Waals surface area (Å²) < 4.78 is 10.8. The van der Waals surface area contributed by atoms with Gasteiger partial charge in [0.05, 0.1) is 30.8 Å². The van der Waals surface area contributed by atoms with Gasteiger partial charge in [0.1, 0.15) is 0 Å². The van der Waals surface area contributed by atoms with Crippen molar-refractivity contribution in [2.24, 2.45) is 10.2 Å². The van der Waals surface area contributed by atoms with Gasteiger partial charge in [-0.25, -0.2) is 0 Å². The molecule has 0 aromatic heterocycles. The molecule has 1 aliphatic rings. The molecule has 1 heterocycles. The fraction of sp³-hybridized carbons (Fsp3) is 0.500. The van der Waals surface area contributed by atoms with Crippen molar-refractivity contribution < 1.29 is 19.4 Å². The number of nitrogens with one attached hydrogen (secondary N) is 1. The number of aliphatic hydroxyl groups excluding tert-OH is 1. The number of carbonyl (C=O) groups is 1. The molecule has 2 N–H and O–H groups in total. The molecule has 0 radical (unpaired) electrons. The molecule has 5 atom stereocenters. The first-order chi connectivity index (χ1) is 12.1. The molecule has 0 aliphatic carbocycles. The number of nitrogens with zero attached hydrogens (tertiary/aromatic N) is 6. The molecule has 1 aliphatic heterocycles.